The standard InChI is InChI=1S/C20H21N5O/c1-12-10-13(2)18(14(3)11-12)24-17-8-9-22-20(25-17)23-16-7-5-4-6-15(16)19(21)26/h4-11H,1-3H3,(H2,21,26)(H2,22,23,24,25). The molecule has 0 aliphatic heterocycles. The van der Waals surface area contributed by atoms with E-state index in [-0.39, 0.29) is 0 Å². The van der Waals surface area contributed by atoms with E-state index in [4.69, 9.17) is 5.73 Å². The minimum absolute atomic E-state index is 0.381. The number of nitrogens with zero attached hydrogens (tertiary/aromatic N) is 2. The summed E-state index contributed by atoms with van der Waals surface area (Å²) in [5, 5.41) is 6.40. The lowest BCUT2D eigenvalue weighted by Gasteiger charge is -2.14. The molecule has 6 nitrogen and oxygen atoms in total. The number of hydrogen-bond acceptors (Lipinski definition) is 5. The molecule has 0 fully saturated rings. The number of aryl methyl sites for hydroxylation is 3. The van der Waals surface area contributed by atoms with Crippen molar-refractivity contribution >= 4 is 29.0 Å². The second-order valence-corrected chi connectivity index (χ2v) is 6.20. The first-order chi connectivity index (χ1) is 12.4. The van der Waals surface area contributed by atoms with Crippen molar-refractivity contribution in [2.75, 3.05) is 10.6 Å². The van der Waals surface area contributed by atoms with Gasteiger partial charge in [0.05, 0.1) is 11.3 Å². The van der Waals surface area contributed by atoms with Crippen LogP contribution >= 0.6 is 0 Å². The number of amides is 1. The molecule has 0 atom stereocenters. The topological polar surface area (TPSA) is 92.9 Å². The second kappa shape index (κ2) is 7.23. The fourth-order valence-electron chi connectivity index (χ4n) is 2.92. The van der Waals surface area contributed by atoms with Gasteiger partial charge in [-0.25, -0.2) is 4.98 Å². The Kier molecular flexibility index (Phi) is 4.84. The van der Waals surface area contributed by atoms with E-state index >= 15 is 0 Å². The highest BCUT2D eigenvalue weighted by Gasteiger charge is 2.10. The van der Waals surface area contributed by atoms with Gasteiger partial charge in [-0.1, -0.05) is 29.8 Å². The van der Waals surface area contributed by atoms with Crippen molar-refractivity contribution in [1.82, 2.24) is 9.97 Å². The van der Waals surface area contributed by atoms with E-state index in [1.165, 1.54) is 5.56 Å². The Labute approximate surface area is 152 Å². The molecule has 0 unspecified atom stereocenters. The van der Waals surface area contributed by atoms with Crippen molar-refractivity contribution in [2.24, 2.45) is 5.73 Å². The fourth-order valence-corrected chi connectivity index (χ4v) is 2.92. The number of hydrogen-bond donors (Lipinski definition) is 3. The first kappa shape index (κ1) is 17.4. The van der Waals surface area contributed by atoms with Crippen molar-refractivity contribution in [1.29, 1.82) is 0 Å². The Morgan fingerprint density at radius 1 is 1.00 bits per heavy atom. The maximum atomic E-state index is 11.6. The van der Waals surface area contributed by atoms with Crippen LogP contribution < -0.4 is 16.4 Å². The first-order valence-corrected chi connectivity index (χ1v) is 8.28. The van der Waals surface area contributed by atoms with Gasteiger partial charge in [-0.15, -0.1) is 0 Å². The zero-order chi connectivity index (χ0) is 18.7. The quantitative estimate of drug-likeness (QED) is 0.649. The van der Waals surface area contributed by atoms with Crippen molar-refractivity contribution < 1.29 is 4.79 Å². The van der Waals surface area contributed by atoms with Crippen LogP contribution in [0.2, 0.25) is 0 Å². The zero-order valence-corrected chi connectivity index (χ0v) is 15.0. The van der Waals surface area contributed by atoms with Gasteiger partial charge in [0.25, 0.3) is 5.91 Å². The lowest BCUT2D eigenvalue weighted by molar-refractivity contribution is 0.100. The zero-order valence-electron chi connectivity index (χ0n) is 15.0. The minimum Gasteiger partial charge on any atom is -0.366 e. The van der Waals surface area contributed by atoms with Gasteiger partial charge in [-0.3, -0.25) is 4.79 Å². The van der Waals surface area contributed by atoms with Gasteiger partial charge in [-0.05, 0) is 50.1 Å². The molecular formula is C20H21N5O. The summed E-state index contributed by atoms with van der Waals surface area (Å²) < 4.78 is 0. The average molecular weight is 347 g/mol. The van der Waals surface area contributed by atoms with Gasteiger partial charge in [0, 0.05) is 11.9 Å². The highest BCUT2D eigenvalue weighted by Crippen LogP contribution is 2.26. The summed E-state index contributed by atoms with van der Waals surface area (Å²) in [4.78, 5) is 20.3. The van der Waals surface area contributed by atoms with E-state index in [0.29, 0.717) is 23.0 Å². The molecule has 1 aromatic heterocycles. The Morgan fingerprint density at radius 2 is 1.69 bits per heavy atom. The van der Waals surface area contributed by atoms with E-state index in [0.717, 1.165) is 16.8 Å². The number of primary amides is 1. The smallest absolute Gasteiger partial charge is 0.250 e. The summed E-state index contributed by atoms with van der Waals surface area (Å²) in [5.41, 5.74) is 10.9. The molecule has 4 N–H and O–H groups in total. The number of carbonyl (C=O) groups is 1. The maximum Gasteiger partial charge on any atom is 0.250 e. The van der Waals surface area contributed by atoms with Crippen LogP contribution in [0.4, 0.5) is 23.1 Å². The van der Waals surface area contributed by atoms with E-state index < -0.39 is 5.91 Å². The van der Waals surface area contributed by atoms with Crippen LogP contribution in [0.1, 0.15) is 27.0 Å². The molecular weight excluding hydrogens is 326 g/mol. The molecule has 1 amide bonds. The number of benzene rings is 2. The van der Waals surface area contributed by atoms with Gasteiger partial charge >= 0.3 is 0 Å². The van der Waals surface area contributed by atoms with Gasteiger partial charge < -0.3 is 16.4 Å². The number of rotatable bonds is 5. The Hall–Kier alpha value is -3.41. The van der Waals surface area contributed by atoms with Crippen molar-refractivity contribution in [3.05, 3.63) is 70.9 Å². The number of para-hydroxylation sites is 1. The largest absolute Gasteiger partial charge is 0.366 e. The fraction of sp³-hybridized carbons (Fsp3) is 0.150. The third-order valence-electron chi connectivity index (χ3n) is 4.02. The lowest BCUT2D eigenvalue weighted by Crippen LogP contribution is -2.13. The number of anilines is 4. The van der Waals surface area contributed by atoms with Gasteiger partial charge in [0.2, 0.25) is 5.95 Å². The molecule has 0 saturated carbocycles. The molecule has 0 aliphatic rings. The molecule has 6 heteroatoms. The maximum absolute atomic E-state index is 11.6. The third-order valence-corrected chi connectivity index (χ3v) is 4.02. The number of carbonyl (C=O) groups excluding carboxylic acids is 1. The number of nitrogens with one attached hydrogen (secondary N) is 2. The first-order valence-electron chi connectivity index (χ1n) is 8.28. The van der Waals surface area contributed by atoms with Crippen LogP contribution in [0.25, 0.3) is 0 Å². The van der Waals surface area contributed by atoms with Crippen LogP contribution in [0.5, 0.6) is 0 Å². The Balaban J connectivity index is 1.87. The molecule has 26 heavy (non-hydrogen) atoms. The molecule has 0 spiro atoms. The van der Waals surface area contributed by atoms with E-state index in [1.807, 2.05) is 6.07 Å². The normalized spacial score (nSPS) is 10.4. The van der Waals surface area contributed by atoms with Crippen molar-refractivity contribution in [3.8, 4) is 0 Å². The Morgan fingerprint density at radius 3 is 2.38 bits per heavy atom. The molecule has 1 heterocycles. The Bertz CT molecular complexity index is 945. The van der Waals surface area contributed by atoms with Crippen LogP contribution in [-0.4, -0.2) is 15.9 Å². The summed E-state index contributed by atoms with van der Waals surface area (Å²) in [6, 6.07) is 13.0. The van der Waals surface area contributed by atoms with Gasteiger partial charge in [-0.2, -0.15) is 4.98 Å². The van der Waals surface area contributed by atoms with E-state index in [9.17, 15) is 4.79 Å². The predicted molar refractivity (Wildman–Crippen MR) is 104 cm³/mol. The third kappa shape index (κ3) is 3.80. The summed E-state index contributed by atoms with van der Waals surface area (Å²) >= 11 is 0. The molecule has 3 aromatic rings. The van der Waals surface area contributed by atoms with Crippen LogP contribution in [-0.2, 0) is 0 Å². The lowest BCUT2D eigenvalue weighted by atomic mass is 10.1. The molecule has 3 rings (SSSR count). The minimum atomic E-state index is -0.506. The van der Waals surface area contributed by atoms with Crippen LogP contribution in [0, 0.1) is 20.8 Å². The number of aromatic nitrogens is 2. The highest BCUT2D eigenvalue weighted by molar-refractivity contribution is 5.99. The number of nitrogens with two attached hydrogens (primary N) is 1. The van der Waals surface area contributed by atoms with E-state index in [1.54, 1.807) is 30.5 Å². The molecule has 0 radical (unpaired) electrons. The summed E-state index contributed by atoms with van der Waals surface area (Å²) in [5.74, 6) is 0.536. The summed E-state index contributed by atoms with van der Waals surface area (Å²) in [6.07, 6.45) is 1.66. The highest BCUT2D eigenvalue weighted by atomic mass is 16.1. The molecule has 2 aromatic carbocycles. The van der Waals surface area contributed by atoms with Crippen molar-refractivity contribution in [3.63, 3.8) is 0 Å². The monoisotopic (exact) mass is 347 g/mol. The SMILES string of the molecule is Cc1cc(C)c(Nc2ccnc(Nc3ccccc3C(N)=O)n2)c(C)c1. The molecule has 0 bridgehead atoms. The van der Waals surface area contributed by atoms with E-state index in [2.05, 4.69) is 53.5 Å². The average Bonchev–Trinajstić information content (AvgIpc) is 2.59. The van der Waals surface area contributed by atoms with Gasteiger partial charge in [0.15, 0.2) is 0 Å². The predicted octanol–water partition coefficient (Wildman–Crippen LogP) is 3.99. The van der Waals surface area contributed by atoms with Gasteiger partial charge in [0.1, 0.15) is 5.82 Å². The second-order valence-electron chi connectivity index (χ2n) is 6.20. The molecule has 0 aliphatic carbocycles. The molecule has 0 saturated heterocycles. The summed E-state index contributed by atoms with van der Waals surface area (Å²) in [6.45, 7) is 6.20. The molecule has 132 valence electrons. The van der Waals surface area contributed by atoms with Crippen LogP contribution in [0.15, 0.2) is 48.7 Å². The van der Waals surface area contributed by atoms with Crippen molar-refractivity contribution in [2.45, 2.75) is 20.8 Å². The van der Waals surface area contributed by atoms with Crippen LogP contribution in [0.3, 0.4) is 0 Å². The summed E-state index contributed by atoms with van der Waals surface area (Å²) in [7, 11) is 0.